The molecule has 1 amide bonds. The van der Waals surface area contributed by atoms with Crippen LogP contribution < -0.4 is 14.8 Å². The lowest BCUT2D eigenvalue weighted by Crippen LogP contribution is -2.42. The molecule has 4 rings (SSSR count). The second-order valence-electron chi connectivity index (χ2n) is 7.48. The Balaban J connectivity index is 1.35. The van der Waals surface area contributed by atoms with E-state index in [2.05, 4.69) is 5.32 Å². The number of rotatable bonds is 5. The van der Waals surface area contributed by atoms with Crippen molar-refractivity contribution < 1.29 is 27.1 Å². The number of sulfonamides is 1. The maximum atomic E-state index is 14.0. The van der Waals surface area contributed by atoms with Gasteiger partial charge >= 0.3 is 0 Å². The highest BCUT2D eigenvalue weighted by molar-refractivity contribution is 7.88. The van der Waals surface area contributed by atoms with Crippen molar-refractivity contribution >= 4 is 33.2 Å². The highest BCUT2D eigenvalue weighted by Crippen LogP contribution is 2.33. The summed E-state index contributed by atoms with van der Waals surface area (Å²) >= 11 is 5.97. The molecule has 2 heterocycles. The number of anilines is 1. The van der Waals surface area contributed by atoms with Crippen LogP contribution in [0.5, 0.6) is 11.5 Å². The van der Waals surface area contributed by atoms with Crippen LogP contribution in [0.15, 0.2) is 36.4 Å². The summed E-state index contributed by atoms with van der Waals surface area (Å²) in [6, 6.07) is 9.27. The van der Waals surface area contributed by atoms with Crippen molar-refractivity contribution in [2.45, 2.75) is 18.6 Å². The average Bonchev–Trinajstić information content (AvgIpc) is 2.76. The van der Waals surface area contributed by atoms with Gasteiger partial charge in [-0.3, -0.25) is 4.79 Å². The lowest BCUT2D eigenvalue weighted by molar-refractivity contribution is -0.120. The number of nitrogens with zero attached hydrogens (tertiary/aromatic N) is 1. The first-order chi connectivity index (χ1) is 14.8. The Hall–Kier alpha value is -2.36. The van der Waals surface area contributed by atoms with E-state index in [9.17, 15) is 17.6 Å². The molecule has 0 unspecified atom stereocenters. The van der Waals surface area contributed by atoms with E-state index < -0.39 is 21.6 Å². The van der Waals surface area contributed by atoms with Gasteiger partial charge in [-0.1, -0.05) is 17.7 Å². The van der Waals surface area contributed by atoms with Crippen LogP contribution in [0.3, 0.4) is 0 Å². The van der Waals surface area contributed by atoms with Gasteiger partial charge in [0.1, 0.15) is 19.0 Å². The Kier molecular flexibility index (Phi) is 6.36. The molecule has 1 N–H and O–H groups in total. The SMILES string of the molecule is O=C(Nc1ccc2c(c1)OCCO2)C1CCN(S(=O)(=O)Cc2c(F)cccc2Cl)CC1. The molecule has 0 bridgehead atoms. The number of hydrogen-bond donors (Lipinski definition) is 1. The lowest BCUT2D eigenvalue weighted by atomic mass is 9.97. The molecule has 166 valence electrons. The first-order valence-corrected chi connectivity index (χ1v) is 11.9. The Bertz CT molecular complexity index is 1070. The van der Waals surface area contributed by atoms with E-state index in [1.807, 2.05) is 0 Å². The number of fused-ring (bicyclic) bond motifs is 1. The van der Waals surface area contributed by atoms with Crippen molar-refractivity contribution in [1.29, 1.82) is 0 Å². The number of amides is 1. The summed E-state index contributed by atoms with van der Waals surface area (Å²) < 4.78 is 51.8. The van der Waals surface area contributed by atoms with E-state index >= 15 is 0 Å². The van der Waals surface area contributed by atoms with Gasteiger partial charge in [-0.15, -0.1) is 0 Å². The van der Waals surface area contributed by atoms with Crippen LogP contribution in [0.4, 0.5) is 10.1 Å². The van der Waals surface area contributed by atoms with Gasteiger partial charge in [-0.25, -0.2) is 17.1 Å². The molecular weight excluding hydrogens is 447 g/mol. The minimum atomic E-state index is -3.75. The van der Waals surface area contributed by atoms with E-state index in [4.69, 9.17) is 21.1 Å². The van der Waals surface area contributed by atoms with E-state index in [1.54, 1.807) is 18.2 Å². The standard InChI is InChI=1S/C21H22ClFN2O5S/c22-17-2-1-3-18(23)16(17)13-31(27,28)25-8-6-14(7-9-25)21(26)24-15-4-5-19-20(12-15)30-11-10-29-19/h1-5,12,14H,6-11,13H2,(H,24,26). The van der Waals surface area contributed by atoms with Crippen LogP contribution in [0.25, 0.3) is 0 Å². The third kappa shape index (κ3) is 4.94. The smallest absolute Gasteiger partial charge is 0.227 e. The van der Waals surface area contributed by atoms with Gasteiger partial charge in [0.05, 0.1) is 5.75 Å². The average molecular weight is 469 g/mol. The summed E-state index contributed by atoms with van der Waals surface area (Å²) in [7, 11) is -3.75. The van der Waals surface area contributed by atoms with Crippen LogP contribution in [0, 0.1) is 11.7 Å². The third-order valence-electron chi connectivity index (χ3n) is 5.42. The molecule has 2 aromatic carbocycles. The summed E-state index contributed by atoms with van der Waals surface area (Å²) in [5.41, 5.74) is 0.557. The van der Waals surface area contributed by atoms with E-state index in [-0.39, 0.29) is 35.5 Å². The molecule has 2 aliphatic heterocycles. The first-order valence-electron chi connectivity index (χ1n) is 9.95. The molecule has 2 aliphatic rings. The van der Waals surface area contributed by atoms with Gasteiger partial charge in [0.2, 0.25) is 15.9 Å². The van der Waals surface area contributed by atoms with E-state index in [0.717, 1.165) is 0 Å². The summed E-state index contributed by atoms with van der Waals surface area (Å²) in [6.45, 7) is 1.32. The Morgan fingerprint density at radius 3 is 2.55 bits per heavy atom. The van der Waals surface area contributed by atoms with Crippen molar-refractivity contribution in [3.63, 3.8) is 0 Å². The van der Waals surface area contributed by atoms with Crippen LogP contribution in [0.2, 0.25) is 5.02 Å². The summed E-state index contributed by atoms with van der Waals surface area (Å²) in [4.78, 5) is 12.7. The fourth-order valence-electron chi connectivity index (χ4n) is 3.71. The molecule has 1 saturated heterocycles. The number of ether oxygens (including phenoxy) is 2. The van der Waals surface area contributed by atoms with Crippen molar-refractivity contribution in [3.05, 3.63) is 52.8 Å². The minimum absolute atomic E-state index is 0.0392. The molecule has 2 aromatic rings. The number of benzene rings is 2. The summed E-state index contributed by atoms with van der Waals surface area (Å²) in [5.74, 6) is -0.436. The van der Waals surface area contributed by atoms with Gasteiger partial charge in [0.25, 0.3) is 0 Å². The normalized spacial score (nSPS) is 17.4. The number of hydrogen-bond acceptors (Lipinski definition) is 5. The van der Waals surface area contributed by atoms with Crippen LogP contribution >= 0.6 is 11.6 Å². The third-order valence-corrected chi connectivity index (χ3v) is 7.58. The molecule has 1 fully saturated rings. The zero-order chi connectivity index (χ0) is 22.0. The molecule has 0 radical (unpaired) electrons. The molecule has 31 heavy (non-hydrogen) atoms. The zero-order valence-corrected chi connectivity index (χ0v) is 18.2. The molecule has 0 aromatic heterocycles. The van der Waals surface area contributed by atoms with Crippen LogP contribution in [-0.4, -0.2) is 44.9 Å². The predicted molar refractivity (Wildman–Crippen MR) is 114 cm³/mol. The van der Waals surface area contributed by atoms with Crippen molar-refractivity contribution in [2.24, 2.45) is 5.92 Å². The fourth-order valence-corrected chi connectivity index (χ4v) is 5.62. The quantitative estimate of drug-likeness (QED) is 0.726. The Morgan fingerprint density at radius 2 is 1.84 bits per heavy atom. The fraction of sp³-hybridized carbons (Fsp3) is 0.381. The highest BCUT2D eigenvalue weighted by Gasteiger charge is 2.32. The molecule has 0 atom stereocenters. The van der Waals surface area contributed by atoms with Crippen molar-refractivity contribution in [3.8, 4) is 11.5 Å². The summed E-state index contributed by atoms with van der Waals surface area (Å²) in [6.07, 6.45) is 0.751. The Morgan fingerprint density at radius 1 is 1.13 bits per heavy atom. The maximum Gasteiger partial charge on any atom is 0.227 e. The highest BCUT2D eigenvalue weighted by atomic mass is 35.5. The molecule has 0 saturated carbocycles. The van der Waals surface area contributed by atoms with Gasteiger partial charge in [0, 0.05) is 41.3 Å². The van der Waals surface area contributed by atoms with Crippen molar-refractivity contribution in [1.82, 2.24) is 4.31 Å². The van der Waals surface area contributed by atoms with Gasteiger partial charge in [-0.05, 0) is 37.1 Å². The predicted octanol–water partition coefficient (Wildman–Crippen LogP) is 3.43. The summed E-state index contributed by atoms with van der Waals surface area (Å²) in [5, 5.41) is 2.94. The number of carbonyl (C=O) groups is 1. The second kappa shape index (κ2) is 9.02. The molecule has 0 spiro atoms. The Labute approximate surface area is 185 Å². The molecular formula is C21H22ClFN2O5S. The number of halogens is 2. The number of piperidine rings is 1. The zero-order valence-electron chi connectivity index (χ0n) is 16.6. The van der Waals surface area contributed by atoms with Gasteiger partial charge < -0.3 is 14.8 Å². The van der Waals surface area contributed by atoms with Gasteiger partial charge in [-0.2, -0.15) is 0 Å². The minimum Gasteiger partial charge on any atom is -0.486 e. The number of carbonyl (C=O) groups excluding carboxylic acids is 1. The van der Waals surface area contributed by atoms with Crippen LogP contribution in [0.1, 0.15) is 18.4 Å². The van der Waals surface area contributed by atoms with E-state index in [1.165, 1.54) is 22.5 Å². The monoisotopic (exact) mass is 468 g/mol. The number of nitrogens with one attached hydrogen (secondary N) is 1. The molecule has 7 nitrogen and oxygen atoms in total. The largest absolute Gasteiger partial charge is 0.486 e. The molecule has 0 aliphatic carbocycles. The lowest BCUT2D eigenvalue weighted by Gasteiger charge is -2.30. The van der Waals surface area contributed by atoms with Crippen molar-refractivity contribution in [2.75, 3.05) is 31.6 Å². The van der Waals surface area contributed by atoms with Crippen LogP contribution in [-0.2, 0) is 20.6 Å². The molecule has 10 heteroatoms. The van der Waals surface area contributed by atoms with Gasteiger partial charge in [0.15, 0.2) is 11.5 Å². The topological polar surface area (TPSA) is 84.9 Å². The first kappa shape index (κ1) is 21.9. The van der Waals surface area contributed by atoms with E-state index in [0.29, 0.717) is 43.2 Å². The maximum absolute atomic E-state index is 14.0. The second-order valence-corrected chi connectivity index (χ2v) is 9.85.